The number of carboxylic acids is 1. The van der Waals surface area contributed by atoms with Crippen molar-refractivity contribution in [3.05, 3.63) is 0 Å². The third kappa shape index (κ3) is 7.16. The fourth-order valence-electron chi connectivity index (χ4n) is 0.713. The molecule has 98 valence electrons. The molecule has 0 bridgehead atoms. The number of aliphatic carboxylic acids is 1. The van der Waals surface area contributed by atoms with Crippen LogP contribution in [-0.2, 0) is 23.4 Å². The van der Waals surface area contributed by atoms with Crippen LogP contribution in [0, 0.1) is 0 Å². The Balaban J connectivity index is 0. The molecule has 0 aliphatic rings. The van der Waals surface area contributed by atoms with Crippen LogP contribution in [0.15, 0.2) is 0 Å². The molecular formula is C7H17ClNO6P. The van der Waals surface area contributed by atoms with E-state index in [9.17, 15) is 9.36 Å². The summed E-state index contributed by atoms with van der Waals surface area (Å²) in [4.78, 5) is 14.9. The van der Waals surface area contributed by atoms with Gasteiger partial charge >= 0.3 is 13.6 Å². The van der Waals surface area contributed by atoms with E-state index < -0.39 is 19.6 Å². The van der Waals surface area contributed by atoms with Gasteiger partial charge in [-0.2, -0.15) is 0 Å². The van der Waals surface area contributed by atoms with Gasteiger partial charge in [0, 0.05) is 7.11 Å². The lowest BCUT2D eigenvalue weighted by Crippen LogP contribution is -2.31. The van der Waals surface area contributed by atoms with E-state index in [1.807, 2.05) is 0 Å². The highest BCUT2D eigenvalue weighted by Crippen LogP contribution is 2.48. The van der Waals surface area contributed by atoms with Crippen molar-refractivity contribution in [3.8, 4) is 0 Å². The Labute approximate surface area is 100 Å². The Kier molecular flexibility index (Phi) is 10.2. The van der Waals surface area contributed by atoms with Crippen molar-refractivity contribution >= 4 is 26.0 Å². The maximum Gasteiger partial charge on any atom is 0.357 e. The zero-order chi connectivity index (χ0) is 11.9. The lowest BCUT2D eigenvalue weighted by molar-refractivity contribution is -0.209. The first-order chi connectivity index (χ1) is 6.95. The summed E-state index contributed by atoms with van der Waals surface area (Å²) >= 11 is 0. The van der Waals surface area contributed by atoms with Gasteiger partial charge in [0.05, 0.1) is 12.8 Å². The number of halogens is 1. The predicted molar refractivity (Wildman–Crippen MR) is 59.7 cm³/mol. The average molecular weight is 278 g/mol. The molecule has 0 rings (SSSR count). The molecule has 0 spiro atoms. The van der Waals surface area contributed by atoms with Crippen molar-refractivity contribution < 1.29 is 28.6 Å². The molecule has 0 amide bonds. The molecule has 0 radical (unpaired) electrons. The summed E-state index contributed by atoms with van der Waals surface area (Å²) in [5.41, 5.74) is 5.23. The number of hydrogen-bond donors (Lipinski definition) is 2. The van der Waals surface area contributed by atoms with Crippen LogP contribution in [-0.4, -0.2) is 37.0 Å². The molecule has 0 fully saturated rings. The second kappa shape index (κ2) is 8.92. The van der Waals surface area contributed by atoms with Gasteiger partial charge in [-0.15, -0.1) is 17.1 Å². The third-order valence-electron chi connectivity index (χ3n) is 1.59. The smallest absolute Gasteiger partial charge is 0.357 e. The van der Waals surface area contributed by atoms with Crippen LogP contribution in [0.5, 0.6) is 0 Å². The van der Waals surface area contributed by atoms with Crippen LogP contribution in [0.2, 0.25) is 0 Å². The summed E-state index contributed by atoms with van der Waals surface area (Å²) in [6, 6.07) is -1.08. The summed E-state index contributed by atoms with van der Waals surface area (Å²) in [6.45, 7) is 1.88. The lowest BCUT2D eigenvalue weighted by atomic mass is 10.2. The van der Waals surface area contributed by atoms with Gasteiger partial charge in [-0.05, 0) is 13.3 Å². The number of nitrogens with two attached hydrogens (primary N) is 1. The Morgan fingerprint density at radius 3 is 2.50 bits per heavy atom. The van der Waals surface area contributed by atoms with E-state index in [-0.39, 0.29) is 31.6 Å². The van der Waals surface area contributed by atoms with E-state index in [4.69, 9.17) is 10.8 Å². The van der Waals surface area contributed by atoms with Gasteiger partial charge in [-0.3, -0.25) is 9.36 Å². The maximum absolute atomic E-state index is 11.6. The Hall–Kier alpha value is -0.170. The van der Waals surface area contributed by atoms with Crippen LogP contribution < -0.4 is 5.73 Å². The molecule has 2 atom stereocenters. The molecule has 0 aromatic rings. The lowest BCUT2D eigenvalue weighted by Gasteiger charge is -2.15. The van der Waals surface area contributed by atoms with Gasteiger partial charge in [0.15, 0.2) is 0 Å². The Morgan fingerprint density at radius 1 is 1.56 bits per heavy atom. The standard InChI is InChI=1S/C7H16NO6P.ClH/c1-3-13-14-15(11,12-2)5-4-6(8)7(9)10;/h6H,3-5,8H2,1-2H3,(H,9,10);1H/t6-,15?;/m0./s1. The van der Waals surface area contributed by atoms with Gasteiger partial charge in [-0.25, -0.2) is 4.89 Å². The SMILES string of the molecule is CCOOP(=O)(CC[C@H](N)C(=O)O)OC.Cl. The van der Waals surface area contributed by atoms with Gasteiger partial charge in [0.2, 0.25) is 0 Å². The Morgan fingerprint density at radius 2 is 2.12 bits per heavy atom. The van der Waals surface area contributed by atoms with E-state index in [0.29, 0.717) is 0 Å². The largest absolute Gasteiger partial charge is 0.480 e. The van der Waals surface area contributed by atoms with Crippen molar-refractivity contribution in [2.24, 2.45) is 5.73 Å². The molecule has 1 unspecified atom stereocenters. The molecule has 0 aliphatic carbocycles. The zero-order valence-corrected chi connectivity index (χ0v) is 10.8. The fraction of sp³-hybridized carbons (Fsp3) is 0.857. The molecule has 9 heteroatoms. The highest BCUT2D eigenvalue weighted by atomic mass is 35.5. The van der Waals surface area contributed by atoms with E-state index >= 15 is 0 Å². The van der Waals surface area contributed by atoms with Gasteiger partial charge in [0.25, 0.3) is 0 Å². The van der Waals surface area contributed by atoms with E-state index in [2.05, 4.69) is 14.1 Å². The third-order valence-corrected chi connectivity index (χ3v) is 3.29. The second-order valence-corrected chi connectivity index (χ2v) is 4.91. The topological polar surface area (TPSA) is 108 Å². The van der Waals surface area contributed by atoms with Gasteiger partial charge in [0.1, 0.15) is 6.04 Å². The normalized spacial score (nSPS) is 15.9. The molecule has 7 nitrogen and oxygen atoms in total. The molecule has 16 heavy (non-hydrogen) atoms. The van der Waals surface area contributed by atoms with Crippen molar-refractivity contribution in [1.82, 2.24) is 0 Å². The zero-order valence-electron chi connectivity index (χ0n) is 9.12. The summed E-state index contributed by atoms with van der Waals surface area (Å²) in [7, 11) is -2.18. The molecule has 0 saturated heterocycles. The minimum atomic E-state index is -3.38. The molecular weight excluding hydrogens is 261 g/mol. The summed E-state index contributed by atoms with van der Waals surface area (Å²) in [6.07, 6.45) is -0.107. The Bertz CT molecular complexity index is 251. The number of carbonyl (C=O) groups is 1. The molecule has 0 heterocycles. The van der Waals surface area contributed by atoms with Crippen LogP contribution >= 0.6 is 20.0 Å². The molecule has 0 aromatic heterocycles. The second-order valence-electron chi connectivity index (χ2n) is 2.73. The van der Waals surface area contributed by atoms with Crippen LogP contribution in [0.4, 0.5) is 0 Å². The highest BCUT2D eigenvalue weighted by Gasteiger charge is 2.26. The van der Waals surface area contributed by atoms with E-state index in [1.54, 1.807) is 6.92 Å². The van der Waals surface area contributed by atoms with E-state index in [1.165, 1.54) is 7.11 Å². The molecule has 3 N–H and O–H groups in total. The van der Waals surface area contributed by atoms with Crippen LogP contribution in [0.25, 0.3) is 0 Å². The van der Waals surface area contributed by atoms with Crippen molar-refractivity contribution in [1.29, 1.82) is 0 Å². The van der Waals surface area contributed by atoms with Crippen molar-refractivity contribution in [2.75, 3.05) is 19.9 Å². The number of hydrogen-bond acceptors (Lipinski definition) is 6. The van der Waals surface area contributed by atoms with Crippen molar-refractivity contribution in [2.45, 2.75) is 19.4 Å². The predicted octanol–water partition coefficient (Wildman–Crippen LogP) is 1.02. The minimum absolute atomic E-state index is 0. The minimum Gasteiger partial charge on any atom is -0.480 e. The van der Waals surface area contributed by atoms with Gasteiger partial charge in [-0.1, -0.05) is 0 Å². The van der Waals surface area contributed by atoms with Crippen LogP contribution in [0.1, 0.15) is 13.3 Å². The first-order valence-electron chi connectivity index (χ1n) is 4.39. The van der Waals surface area contributed by atoms with E-state index in [0.717, 1.165) is 0 Å². The molecule has 0 saturated carbocycles. The number of carboxylic acid groups (broad SMARTS) is 1. The molecule has 0 aromatic carbocycles. The first-order valence-corrected chi connectivity index (χ1v) is 6.12. The monoisotopic (exact) mass is 277 g/mol. The molecule has 0 aliphatic heterocycles. The van der Waals surface area contributed by atoms with Crippen molar-refractivity contribution in [3.63, 3.8) is 0 Å². The quantitative estimate of drug-likeness (QED) is 0.387. The maximum atomic E-state index is 11.6. The highest BCUT2D eigenvalue weighted by molar-refractivity contribution is 7.53. The summed E-state index contributed by atoms with van der Waals surface area (Å²) in [5, 5.41) is 8.50. The summed E-state index contributed by atoms with van der Waals surface area (Å²) in [5.74, 6) is -1.16. The first kappa shape index (κ1) is 18.2. The summed E-state index contributed by atoms with van der Waals surface area (Å²) < 4.78 is 20.8. The average Bonchev–Trinajstić information content (AvgIpc) is 2.22. The number of rotatable bonds is 8. The van der Waals surface area contributed by atoms with Gasteiger partial charge < -0.3 is 15.4 Å². The fourth-order valence-corrected chi connectivity index (χ4v) is 1.89. The van der Waals surface area contributed by atoms with Crippen LogP contribution in [0.3, 0.4) is 0 Å².